The summed E-state index contributed by atoms with van der Waals surface area (Å²) in [4.78, 5) is 19.1. The average Bonchev–Trinajstić information content (AvgIpc) is 3.20. The minimum atomic E-state index is -0.319. The largest absolute Gasteiger partial charge is 0.494 e. The summed E-state index contributed by atoms with van der Waals surface area (Å²) in [5, 5.41) is 5.86. The zero-order chi connectivity index (χ0) is 17.8. The summed E-state index contributed by atoms with van der Waals surface area (Å²) in [5.74, 6) is -0.129. The number of hydrogen-bond donors (Lipinski definition) is 1. The number of thiazole rings is 1. The van der Waals surface area contributed by atoms with E-state index in [1.807, 2.05) is 24.3 Å². The van der Waals surface area contributed by atoms with Crippen molar-refractivity contribution >= 4 is 28.1 Å². The van der Waals surface area contributed by atoms with Gasteiger partial charge in [-0.05, 0) is 12.1 Å². The van der Waals surface area contributed by atoms with Crippen LogP contribution in [-0.4, -0.2) is 50.4 Å². The van der Waals surface area contributed by atoms with Crippen molar-refractivity contribution in [2.45, 2.75) is 0 Å². The van der Waals surface area contributed by atoms with E-state index in [-0.39, 0.29) is 11.7 Å². The topological polar surface area (TPSA) is 72.9 Å². The number of amides is 1. The van der Waals surface area contributed by atoms with Crippen molar-refractivity contribution < 1.29 is 19.0 Å². The fraction of sp³-hybridized carbons (Fsp3) is 0.333. The molecule has 4 rings (SSSR count). The Kier molecular flexibility index (Phi) is 5.03. The quantitative estimate of drug-likeness (QED) is 0.888. The number of nitrogens with one attached hydrogen (secondary N) is 1. The molecule has 1 saturated heterocycles. The molecule has 2 aliphatic rings. The number of morpholine rings is 1. The van der Waals surface area contributed by atoms with Gasteiger partial charge in [-0.2, -0.15) is 0 Å². The molecule has 0 aliphatic carbocycles. The minimum Gasteiger partial charge on any atom is -0.494 e. The molecule has 7 nitrogen and oxygen atoms in total. The van der Waals surface area contributed by atoms with Crippen LogP contribution in [0.1, 0.15) is 0 Å². The highest BCUT2D eigenvalue weighted by Crippen LogP contribution is 2.28. The molecular weight excluding hydrogens is 354 g/mol. The highest BCUT2D eigenvalue weighted by molar-refractivity contribution is 7.14. The Balaban J connectivity index is 1.42. The zero-order valence-corrected chi connectivity index (χ0v) is 15.0. The second kappa shape index (κ2) is 7.76. The van der Waals surface area contributed by atoms with E-state index in [4.69, 9.17) is 19.2 Å². The van der Waals surface area contributed by atoms with Crippen LogP contribution < -0.4 is 10.2 Å². The Morgan fingerprint density at radius 2 is 1.92 bits per heavy atom. The summed E-state index contributed by atoms with van der Waals surface area (Å²) >= 11 is 1.64. The smallest absolute Gasteiger partial charge is 0.294 e. The minimum absolute atomic E-state index is 0.190. The predicted molar refractivity (Wildman–Crippen MR) is 99.2 cm³/mol. The zero-order valence-electron chi connectivity index (χ0n) is 14.1. The van der Waals surface area contributed by atoms with E-state index in [0.717, 1.165) is 42.7 Å². The molecule has 2 aliphatic heterocycles. The molecular formula is C18H19N3O4S. The maximum Gasteiger partial charge on any atom is 0.294 e. The van der Waals surface area contributed by atoms with E-state index in [1.54, 1.807) is 11.3 Å². The van der Waals surface area contributed by atoms with E-state index in [9.17, 15) is 4.79 Å². The highest BCUT2D eigenvalue weighted by atomic mass is 32.1. The van der Waals surface area contributed by atoms with Gasteiger partial charge in [-0.15, -0.1) is 11.3 Å². The van der Waals surface area contributed by atoms with Crippen LogP contribution in [0.2, 0.25) is 0 Å². The molecule has 1 amide bonds. The van der Waals surface area contributed by atoms with Gasteiger partial charge >= 0.3 is 0 Å². The maximum atomic E-state index is 12.1. The molecule has 0 atom stereocenters. The Hall–Kier alpha value is -2.58. The standard InChI is InChI=1S/C18H19N3O4S/c22-17(16-11-24-9-10-25-16)19-14-3-1-13(2-4-14)15-12-26-18(20-15)21-5-7-23-8-6-21/h1-4,11-12H,5-10H2,(H,19,22). The number of ether oxygens (including phenoxy) is 3. The molecule has 0 bridgehead atoms. The number of hydrogen-bond acceptors (Lipinski definition) is 7. The lowest BCUT2D eigenvalue weighted by molar-refractivity contribution is -0.117. The molecule has 0 unspecified atom stereocenters. The molecule has 1 fully saturated rings. The first-order chi connectivity index (χ1) is 12.8. The lowest BCUT2D eigenvalue weighted by Gasteiger charge is -2.26. The van der Waals surface area contributed by atoms with Crippen molar-refractivity contribution in [3.05, 3.63) is 41.7 Å². The third-order valence-electron chi connectivity index (χ3n) is 4.09. The van der Waals surface area contributed by atoms with Gasteiger partial charge in [-0.25, -0.2) is 4.98 Å². The van der Waals surface area contributed by atoms with Crippen molar-refractivity contribution in [2.24, 2.45) is 0 Å². The fourth-order valence-electron chi connectivity index (χ4n) is 2.70. The van der Waals surface area contributed by atoms with E-state index in [2.05, 4.69) is 15.6 Å². The van der Waals surface area contributed by atoms with Crippen LogP contribution in [0.3, 0.4) is 0 Å². The number of anilines is 2. The van der Waals surface area contributed by atoms with Crippen molar-refractivity contribution in [3.63, 3.8) is 0 Å². The van der Waals surface area contributed by atoms with Gasteiger partial charge in [0.25, 0.3) is 5.91 Å². The van der Waals surface area contributed by atoms with Gasteiger partial charge in [0, 0.05) is 29.7 Å². The number of rotatable bonds is 4. The Bertz CT molecular complexity index is 797. The van der Waals surface area contributed by atoms with Crippen molar-refractivity contribution in [2.75, 3.05) is 49.7 Å². The third kappa shape index (κ3) is 3.81. The highest BCUT2D eigenvalue weighted by Gasteiger charge is 2.16. The number of nitrogens with zero attached hydrogens (tertiary/aromatic N) is 2. The molecule has 0 saturated carbocycles. The molecule has 26 heavy (non-hydrogen) atoms. The summed E-state index contributed by atoms with van der Waals surface area (Å²) in [5.41, 5.74) is 2.63. The van der Waals surface area contributed by atoms with Gasteiger partial charge in [0.05, 0.1) is 18.9 Å². The second-order valence-corrected chi connectivity index (χ2v) is 6.68. The molecule has 0 radical (unpaired) electrons. The van der Waals surface area contributed by atoms with Gasteiger partial charge in [0.15, 0.2) is 5.13 Å². The van der Waals surface area contributed by atoms with Gasteiger partial charge < -0.3 is 24.4 Å². The SMILES string of the molecule is O=C(Nc1ccc(-c2csc(N3CCOCC3)n2)cc1)C1=COCCO1. The van der Waals surface area contributed by atoms with Crippen LogP contribution in [0, 0.1) is 0 Å². The molecule has 3 heterocycles. The van der Waals surface area contributed by atoms with E-state index >= 15 is 0 Å². The van der Waals surface area contributed by atoms with Crippen molar-refractivity contribution in [3.8, 4) is 11.3 Å². The molecule has 1 N–H and O–H groups in total. The fourth-order valence-corrected chi connectivity index (χ4v) is 3.59. The summed E-state index contributed by atoms with van der Waals surface area (Å²) in [6.07, 6.45) is 1.34. The summed E-state index contributed by atoms with van der Waals surface area (Å²) in [6, 6.07) is 7.59. The van der Waals surface area contributed by atoms with Crippen LogP contribution >= 0.6 is 11.3 Å². The van der Waals surface area contributed by atoms with E-state index < -0.39 is 0 Å². The van der Waals surface area contributed by atoms with Crippen molar-refractivity contribution in [1.82, 2.24) is 4.98 Å². The number of carbonyl (C=O) groups is 1. The lowest BCUT2D eigenvalue weighted by Crippen LogP contribution is -2.36. The number of carbonyl (C=O) groups excluding carboxylic acids is 1. The summed E-state index contributed by atoms with van der Waals surface area (Å²) in [6.45, 7) is 4.08. The number of aromatic nitrogens is 1. The van der Waals surface area contributed by atoms with Gasteiger partial charge in [0.2, 0.25) is 5.76 Å². The Morgan fingerprint density at radius 1 is 1.12 bits per heavy atom. The van der Waals surface area contributed by atoms with Gasteiger partial charge in [0.1, 0.15) is 19.5 Å². The predicted octanol–water partition coefficient (Wildman–Crippen LogP) is 2.47. The molecule has 136 valence electrons. The van der Waals surface area contributed by atoms with Crippen LogP contribution in [0.5, 0.6) is 0 Å². The van der Waals surface area contributed by atoms with Crippen LogP contribution in [-0.2, 0) is 19.0 Å². The summed E-state index contributed by atoms with van der Waals surface area (Å²) < 4.78 is 15.8. The van der Waals surface area contributed by atoms with Crippen LogP contribution in [0.4, 0.5) is 10.8 Å². The Morgan fingerprint density at radius 3 is 2.65 bits per heavy atom. The summed E-state index contributed by atoms with van der Waals surface area (Å²) in [7, 11) is 0. The molecule has 1 aromatic heterocycles. The van der Waals surface area contributed by atoms with Crippen molar-refractivity contribution in [1.29, 1.82) is 0 Å². The van der Waals surface area contributed by atoms with E-state index in [0.29, 0.717) is 18.9 Å². The third-order valence-corrected chi connectivity index (χ3v) is 4.99. The van der Waals surface area contributed by atoms with Crippen LogP contribution in [0.15, 0.2) is 41.7 Å². The molecule has 0 spiro atoms. The maximum absolute atomic E-state index is 12.1. The number of benzene rings is 1. The molecule has 1 aromatic carbocycles. The Labute approximate surface area is 155 Å². The monoisotopic (exact) mass is 373 g/mol. The van der Waals surface area contributed by atoms with Gasteiger partial charge in [-0.1, -0.05) is 12.1 Å². The second-order valence-electron chi connectivity index (χ2n) is 5.85. The first-order valence-electron chi connectivity index (χ1n) is 8.44. The van der Waals surface area contributed by atoms with Gasteiger partial charge in [-0.3, -0.25) is 4.79 Å². The molecule has 8 heteroatoms. The first-order valence-corrected chi connectivity index (χ1v) is 9.32. The average molecular weight is 373 g/mol. The van der Waals surface area contributed by atoms with E-state index in [1.165, 1.54) is 6.26 Å². The lowest BCUT2D eigenvalue weighted by atomic mass is 10.1. The first kappa shape index (κ1) is 16.9. The van der Waals surface area contributed by atoms with Crippen LogP contribution in [0.25, 0.3) is 11.3 Å². The molecule has 2 aromatic rings. The normalized spacial score (nSPS) is 17.1.